The van der Waals surface area contributed by atoms with Crippen LogP contribution in [-0.2, 0) is 23.1 Å². The molecule has 0 amide bonds. The van der Waals surface area contributed by atoms with Gasteiger partial charge in [0.1, 0.15) is 4.90 Å². The number of pyridine rings is 1. The zero-order chi connectivity index (χ0) is 13.7. The van der Waals surface area contributed by atoms with Gasteiger partial charge in [-0.2, -0.15) is 5.10 Å². The molecule has 0 aliphatic heterocycles. The number of nitrogens with zero attached hydrogens (tertiary/aromatic N) is 3. The first-order valence-electron chi connectivity index (χ1n) is 5.74. The van der Waals surface area contributed by atoms with Crippen molar-refractivity contribution in [2.75, 3.05) is 6.54 Å². The van der Waals surface area contributed by atoms with Crippen LogP contribution in [0.5, 0.6) is 0 Å². The highest BCUT2D eigenvalue weighted by molar-refractivity contribution is 7.89. The molecular weight excluding hydrogens is 266 g/mol. The van der Waals surface area contributed by atoms with Crippen LogP contribution in [0.15, 0.2) is 41.7 Å². The Morgan fingerprint density at radius 2 is 2.21 bits per heavy atom. The van der Waals surface area contributed by atoms with Crippen LogP contribution in [-0.4, -0.2) is 29.7 Å². The van der Waals surface area contributed by atoms with Crippen LogP contribution >= 0.6 is 0 Å². The van der Waals surface area contributed by atoms with Gasteiger partial charge in [0, 0.05) is 18.9 Å². The van der Waals surface area contributed by atoms with Crippen LogP contribution in [0.25, 0.3) is 0 Å². The van der Waals surface area contributed by atoms with E-state index < -0.39 is 10.0 Å². The zero-order valence-electron chi connectivity index (χ0n) is 10.2. The zero-order valence-corrected chi connectivity index (χ0v) is 11.0. The molecule has 2 aromatic heterocycles. The highest BCUT2D eigenvalue weighted by atomic mass is 32.2. The molecule has 0 aliphatic carbocycles. The maximum absolute atomic E-state index is 12.0. The third kappa shape index (κ3) is 3.60. The molecule has 19 heavy (non-hydrogen) atoms. The van der Waals surface area contributed by atoms with Gasteiger partial charge in [-0.25, -0.2) is 13.1 Å². The second-order valence-corrected chi connectivity index (χ2v) is 5.64. The van der Waals surface area contributed by atoms with Crippen LogP contribution in [0.4, 0.5) is 0 Å². The highest BCUT2D eigenvalue weighted by Crippen LogP contribution is 2.07. The Morgan fingerprint density at radius 3 is 2.89 bits per heavy atom. The second-order valence-electron chi connectivity index (χ2n) is 3.87. The molecule has 2 heterocycles. The molecule has 0 aromatic carbocycles. The lowest BCUT2D eigenvalue weighted by atomic mass is 10.4. The number of hydrogen-bond acceptors (Lipinski definition) is 5. The van der Waals surface area contributed by atoms with Gasteiger partial charge >= 0.3 is 0 Å². The lowest BCUT2D eigenvalue weighted by Crippen LogP contribution is -2.23. The Bertz CT molecular complexity index is 624. The molecule has 2 rings (SSSR count). The van der Waals surface area contributed by atoms with Crippen LogP contribution in [0.2, 0.25) is 0 Å². The number of aromatic nitrogens is 3. The fourth-order valence-corrected chi connectivity index (χ4v) is 2.44. The van der Waals surface area contributed by atoms with Gasteiger partial charge in [0.15, 0.2) is 0 Å². The highest BCUT2D eigenvalue weighted by Gasteiger charge is 2.16. The van der Waals surface area contributed by atoms with Gasteiger partial charge in [-0.1, -0.05) is 6.07 Å². The average Bonchev–Trinajstić information content (AvgIpc) is 2.88. The van der Waals surface area contributed by atoms with Crippen molar-refractivity contribution >= 4 is 10.0 Å². The van der Waals surface area contributed by atoms with Gasteiger partial charge in [0.25, 0.3) is 0 Å². The van der Waals surface area contributed by atoms with Gasteiger partial charge in [-0.05, 0) is 12.1 Å². The summed E-state index contributed by atoms with van der Waals surface area (Å²) in [6.07, 6.45) is 4.37. The maximum atomic E-state index is 12.0. The van der Waals surface area contributed by atoms with E-state index in [0.29, 0.717) is 18.8 Å². The Hall–Kier alpha value is -1.77. The molecule has 0 unspecified atom stereocenters. The Labute approximate surface area is 111 Å². The van der Waals surface area contributed by atoms with E-state index in [0.717, 1.165) is 0 Å². The number of nitrogens with two attached hydrogens (primary N) is 1. The fraction of sp³-hybridized carbons (Fsp3) is 0.273. The molecule has 8 heteroatoms. The van der Waals surface area contributed by atoms with Gasteiger partial charge in [0.05, 0.1) is 25.0 Å². The molecule has 0 saturated carbocycles. The molecule has 0 radical (unpaired) electrons. The molecule has 0 fully saturated rings. The standard InChI is InChI=1S/C11H15N5O2S/c12-4-6-16-9-11(8-14-16)19(17,18)15-7-10-3-1-2-5-13-10/h1-3,5,8-9,15H,4,6-7,12H2. The Morgan fingerprint density at radius 1 is 1.37 bits per heavy atom. The van der Waals surface area contributed by atoms with E-state index in [1.165, 1.54) is 17.1 Å². The first-order chi connectivity index (χ1) is 9.12. The smallest absolute Gasteiger partial charge is 0.244 e. The van der Waals surface area contributed by atoms with Crippen molar-refractivity contribution in [2.24, 2.45) is 5.73 Å². The molecule has 0 saturated heterocycles. The van der Waals surface area contributed by atoms with Crippen LogP contribution in [0, 0.1) is 0 Å². The molecule has 0 bridgehead atoms. The van der Waals surface area contributed by atoms with Crippen molar-refractivity contribution in [1.82, 2.24) is 19.5 Å². The molecule has 7 nitrogen and oxygen atoms in total. The molecule has 2 aromatic rings. The maximum Gasteiger partial charge on any atom is 0.244 e. The average molecular weight is 281 g/mol. The van der Waals surface area contributed by atoms with Gasteiger partial charge in [-0.15, -0.1) is 0 Å². The summed E-state index contributed by atoms with van der Waals surface area (Å²) in [5.41, 5.74) is 6.03. The molecule has 0 spiro atoms. The summed E-state index contributed by atoms with van der Waals surface area (Å²) < 4.78 is 28.0. The summed E-state index contributed by atoms with van der Waals surface area (Å²) in [4.78, 5) is 4.17. The van der Waals surface area contributed by atoms with Crippen molar-refractivity contribution in [3.05, 3.63) is 42.5 Å². The Kier molecular flexibility index (Phi) is 4.25. The molecular formula is C11H15N5O2S. The lowest BCUT2D eigenvalue weighted by molar-refractivity contribution is 0.579. The van der Waals surface area contributed by atoms with E-state index in [1.807, 2.05) is 0 Å². The van der Waals surface area contributed by atoms with E-state index in [4.69, 9.17) is 5.73 Å². The topological polar surface area (TPSA) is 103 Å². The summed E-state index contributed by atoms with van der Waals surface area (Å²) in [7, 11) is -3.57. The third-order valence-electron chi connectivity index (χ3n) is 2.45. The normalized spacial score (nSPS) is 11.6. The first-order valence-corrected chi connectivity index (χ1v) is 7.22. The van der Waals surface area contributed by atoms with Crippen molar-refractivity contribution in [3.63, 3.8) is 0 Å². The summed E-state index contributed by atoms with van der Waals surface area (Å²) in [6, 6.07) is 5.32. The lowest BCUT2D eigenvalue weighted by Gasteiger charge is -2.03. The van der Waals surface area contributed by atoms with Crippen molar-refractivity contribution < 1.29 is 8.42 Å². The molecule has 0 aliphatic rings. The minimum Gasteiger partial charge on any atom is -0.329 e. The van der Waals surface area contributed by atoms with E-state index in [9.17, 15) is 8.42 Å². The molecule has 3 N–H and O–H groups in total. The van der Waals surface area contributed by atoms with E-state index in [1.54, 1.807) is 24.4 Å². The second kappa shape index (κ2) is 5.91. The first kappa shape index (κ1) is 13.7. The number of sulfonamides is 1. The van der Waals surface area contributed by atoms with Crippen LogP contribution in [0.1, 0.15) is 5.69 Å². The fourth-order valence-electron chi connectivity index (χ4n) is 1.49. The summed E-state index contributed by atoms with van der Waals surface area (Å²) >= 11 is 0. The summed E-state index contributed by atoms with van der Waals surface area (Å²) in [6.45, 7) is 1.03. The number of hydrogen-bond donors (Lipinski definition) is 2. The van der Waals surface area contributed by atoms with Crippen molar-refractivity contribution in [3.8, 4) is 0 Å². The number of nitrogens with one attached hydrogen (secondary N) is 1. The SMILES string of the molecule is NCCn1cc(S(=O)(=O)NCc2ccccn2)cn1. The van der Waals surface area contributed by atoms with Gasteiger partial charge < -0.3 is 5.73 Å². The largest absolute Gasteiger partial charge is 0.329 e. The quantitative estimate of drug-likeness (QED) is 0.757. The van der Waals surface area contributed by atoms with Gasteiger partial charge in [-0.3, -0.25) is 9.67 Å². The molecule has 102 valence electrons. The monoisotopic (exact) mass is 281 g/mol. The van der Waals surface area contributed by atoms with Gasteiger partial charge in [0.2, 0.25) is 10.0 Å². The summed E-state index contributed by atoms with van der Waals surface area (Å²) in [5, 5.41) is 3.93. The van der Waals surface area contributed by atoms with E-state index >= 15 is 0 Å². The van der Waals surface area contributed by atoms with Crippen LogP contribution < -0.4 is 10.5 Å². The predicted molar refractivity (Wildman–Crippen MR) is 69.5 cm³/mol. The molecule has 0 atom stereocenters. The minimum atomic E-state index is -3.57. The third-order valence-corrected chi connectivity index (χ3v) is 3.80. The minimum absolute atomic E-state index is 0.122. The van der Waals surface area contributed by atoms with E-state index in [2.05, 4.69) is 14.8 Å². The van der Waals surface area contributed by atoms with Crippen molar-refractivity contribution in [2.45, 2.75) is 18.0 Å². The van der Waals surface area contributed by atoms with E-state index in [-0.39, 0.29) is 11.4 Å². The predicted octanol–water partition coefficient (Wildman–Crippen LogP) is -0.285. The Balaban J connectivity index is 2.05. The summed E-state index contributed by atoms with van der Waals surface area (Å²) in [5.74, 6) is 0. The van der Waals surface area contributed by atoms with Crippen molar-refractivity contribution in [1.29, 1.82) is 0 Å². The van der Waals surface area contributed by atoms with Crippen LogP contribution in [0.3, 0.4) is 0 Å². The number of rotatable bonds is 6.